The molecule has 6 heteroatoms. The average molecular weight is 338 g/mol. The molecular formula is C13H10BrClN4. The van der Waals surface area contributed by atoms with Crippen molar-refractivity contribution < 1.29 is 0 Å². The van der Waals surface area contributed by atoms with Crippen molar-refractivity contribution in [3.63, 3.8) is 0 Å². The summed E-state index contributed by atoms with van der Waals surface area (Å²) in [5.41, 5.74) is 2.32. The van der Waals surface area contributed by atoms with E-state index in [1.54, 1.807) is 6.92 Å². The van der Waals surface area contributed by atoms with Gasteiger partial charge in [-0.1, -0.05) is 23.7 Å². The number of rotatable bonds is 1. The minimum atomic E-state index is 0.416. The van der Waals surface area contributed by atoms with Crippen molar-refractivity contribution in [3.8, 4) is 5.69 Å². The molecule has 3 aromatic rings. The maximum absolute atomic E-state index is 6.26. The molecule has 0 radical (unpaired) electrons. The van der Waals surface area contributed by atoms with Gasteiger partial charge < -0.3 is 0 Å². The van der Waals surface area contributed by atoms with Crippen LogP contribution >= 0.6 is 27.5 Å². The fourth-order valence-electron chi connectivity index (χ4n) is 2.08. The minimum Gasteiger partial charge on any atom is -0.291 e. The summed E-state index contributed by atoms with van der Waals surface area (Å²) in [5.74, 6) is 1.44. The van der Waals surface area contributed by atoms with Gasteiger partial charge in [-0.2, -0.15) is 0 Å². The highest BCUT2D eigenvalue weighted by Gasteiger charge is 2.16. The molecule has 0 saturated carbocycles. The van der Waals surface area contributed by atoms with Gasteiger partial charge in [0.25, 0.3) is 0 Å². The molecule has 0 N–H and O–H groups in total. The number of aromatic nitrogens is 4. The molecule has 2 heterocycles. The van der Waals surface area contributed by atoms with Gasteiger partial charge in [-0.15, -0.1) is 0 Å². The summed E-state index contributed by atoms with van der Waals surface area (Å²) in [7, 11) is 0. The Kier molecular flexibility index (Phi) is 3.03. The predicted octanol–water partition coefficient (Wildman–Crippen LogP) is 3.85. The van der Waals surface area contributed by atoms with E-state index in [-0.39, 0.29) is 0 Å². The minimum absolute atomic E-state index is 0.416. The Morgan fingerprint density at radius 2 is 1.84 bits per heavy atom. The molecule has 4 nitrogen and oxygen atoms in total. The highest BCUT2D eigenvalue weighted by molar-refractivity contribution is 9.10. The Bertz CT molecular complexity index is 782. The molecule has 2 aromatic heterocycles. The maximum Gasteiger partial charge on any atom is 0.183 e. The first-order chi connectivity index (χ1) is 9.08. The number of benzene rings is 1. The number of hydrogen-bond acceptors (Lipinski definition) is 3. The number of aryl methyl sites for hydroxylation is 2. The number of hydrogen-bond donors (Lipinski definition) is 0. The van der Waals surface area contributed by atoms with Crippen LogP contribution in [0.25, 0.3) is 16.9 Å². The van der Waals surface area contributed by atoms with E-state index in [2.05, 4.69) is 30.9 Å². The van der Waals surface area contributed by atoms with Gasteiger partial charge in [-0.05, 0) is 41.9 Å². The summed E-state index contributed by atoms with van der Waals surface area (Å²) in [6.45, 7) is 3.73. The van der Waals surface area contributed by atoms with Gasteiger partial charge in [0.1, 0.15) is 17.2 Å². The number of fused-ring (bicyclic) bond motifs is 1. The zero-order valence-electron chi connectivity index (χ0n) is 10.4. The summed E-state index contributed by atoms with van der Waals surface area (Å²) in [6, 6.07) is 7.90. The largest absolute Gasteiger partial charge is 0.291 e. The number of halogens is 2. The van der Waals surface area contributed by atoms with Gasteiger partial charge in [-0.25, -0.2) is 15.0 Å². The normalized spacial score (nSPS) is 11.2. The second kappa shape index (κ2) is 4.58. The quantitative estimate of drug-likeness (QED) is 0.634. The molecule has 0 fully saturated rings. The standard InChI is InChI=1S/C13H10BrClN4/c1-7-16-12(15)11-13(17-7)18-8(2)19(11)10-6-4-3-5-9(10)14/h3-6H,1-2H3. The highest BCUT2D eigenvalue weighted by Crippen LogP contribution is 2.29. The fraction of sp³-hybridized carbons (Fsp3) is 0.154. The van der Waals surface area contributed by atoms with Crippen molar-refractivity contribution in [3.05, 3.63) is 45.5 Å². The predicted molar refractivity (Wildman–Crippen MR) is 78.8 cm³/mol. The molecule has 0 bridgehead atoms. The van der Waals surface area contributed by atoms with Crippen LogP contribution in [0.3, 0.4) is 0 Å². The number of imidazole rings is 1. The molecule has 19 heavy (non-hydrogen) atoms. The third kappa shape index (κ3) is 2.03. The first-order valence-corrected chi connectivity index (χ1v) is 6.89. The Labute approximate surface area is 123 Å². The van der Waals surface area contributed by atoms with Crippen LogP contribution in [0.2, 0.25) is 5.15 Å². The zero-order chi connectivity index (χ0) is 13.6. The Hall–Kier alpha value is -1.46. The van der Waals surface area contributed by atoms with Crippen LogP contribution in [0.4, 0.5) is 0 Å². The van der Waals surface area contributed by atoms with Crippen molar-refractivity contribution in [1.29, 1.82) is 0 Å². The van der Waals surface area contributed by atoms with Crippen molar-refractivity contribution in [2.45, 2.75) is 13.8 Å². The molecule has 0 aliphatic heterocycles. The van der Waals surface area contributed by atoms with Gasteiger partial charge >= 0.3 is 0 Å². The van der Waals surface area contributed by atoms with Crippen LogP contribution in [0, 0.1) is 13.8 Å². The fourth-order valence-corrected chi connectivity index (χ4v) is 2.84. The molecule has 0 aliphatic rings. The average Bonchev–Trinajstić information content (AvgIpc) is 2.66. The third-order valence-corrected chi connectivity index (χ3v) is 3.78. The van der Waals surface area contributed by atoms with E-state index in [0.29, 0.717) is 16.6 Å². The molecule has 0 aliphatic carbocycles. The van der Waals surface area contributed by atoms with E-state index in [1.807, 2.05) is 35.8 Å². The summed E-state index contributed by atoms with van der Waals surface area (Å²) in [4.78, 5) is 13.0. The Morgan fingerprint density at radius 3 is 2.58 bits per heavy atom. The third-order valence-electron chi connectivity index (χ3n) is 2.84. The smallest absolute Gasteiger partial charge is 0.183 e. The van der Waals surface area contributed by atoms with E-state index < -0.39 is 0 Å². The number of para-hydroxylation sites is 1. The highest BCUT2D eigenvalue weighted by atomic mass is 79.9. The van der Waals surface area contributed by atoms with Gasteiger partial charge in [0, 0.05) is 4.47 Å². The van der Waals surface area contributed by atoms with Gasteiger partial charge in [0.2, 0.25) is 0 Å². The van der Waals surface area contributed by atoms with Crippen molar-refractivity contribution >= 4 is 38.7 Å². The SMILES string of the molecule is Cc1nc(Cl)c2c(n1)nc(C)n2-c1ccccc1Br. The topological polar surface area (TPSA) is 43.6 Å². The number of nitrogens with zero attached hydrogens (tertiary/aromatic N) is 4. The lowest BCUT2D eigenvalue weighted by Gasteiger charge is -2.09. The zero-order valence-corrected chi connectivity index (χ0v) is 12.7. The van der Waals surface area contributed by atoms with Gasteiger partial charge in [0.05, 0.1) is 5.69 Å². The molecule has 0 amide bonds. The van der Waals surface area contributed by atoms with E-state index in [0.717, 1.165) is 21.5 Å². The monoisotopic (exact) mass is 336 g/mol. The summed E-state index contributed by atoms with van der Waals surface area (Å²) >= 11 is 9.80. The van der Waals surface area contributed by atoms with E-state index in [9.17, 15) is 0 Å². The van der Waals surface area contributed by atoms with Crippen LogP contribution in [0.1, 0.15) is 11.6 Å². The van der Waals surface area contributed by atoms with E-state index in [4.69, 9.17) is 11.6 Å². The molecule has 0 spiro atoms. The summed E-state index contributed by atoms with van der Waals surface area (Å²) in [6.07, 6.45) is 0. The van der Waals surface area contributed by atoms with Crippen LogP contribution in [0.15, 0.2) is 28.7 Å². The summed E-state index contributed by atoms with van der Waals surface area (Å²) < 4.78 is 2.93. The van der Waals surface area contributed by atoms with E-state index >= 15 is 0 Å². The van der Waals surface area contributed by atoms with Crippen LogP contribution in [0.5, 0.6) is 0 Å². The molecule has 0 unspecified atom stereocenters. The second-order valence-corrected chi connectivity index (χ2v) is 5.39. The lowest BCUT2D eigenvalue weighted by molar-refractivity contribution is 0.993. The molecule has 96 valence electrons. The van der Waals surface area contributed by atoms with Crippen LogP contribution in [-0.2, 0) is 0 Å². The lowest BCUT2D eigenvalue weighted by Crippen LogP contribution is -1.99. The van der Waals surface area contributed by atoms with Crippen molar-refractivity contribution in [1.82, 2.24) is 19.5 Å². The van der Waals surface area contributed by atoms with Crippen molar-refractivity contribution in [2.75, 3.05) is 0 Å². The van der Waals surface area contributed by atoms with Crippen LogP contribution in [-0.4, -0.2) is 19.5 Å². The first kappa shape index (κ1) is 12.6. The van der Waals surface area contributed by atoms with Crippen LogP contribution < -0.4 is 0 Å². The lowest BCUT2D eigenvalue weighted by atomic mass is 10.3. The van der Waals surface area contributed by atoms with Gasteiger partial charge in [-0.3, -0.25) is 4.57 Å². The van der Waals surface area contributed by atoms with E-state index in [1.165, 1.54) is 0 Å². The molecule has 3 rings (SSSR count). The summed E-state index contributed by atoms with van der Waals surface area (Å²) in [5, 5.41) is 0.416. The van der Waals surface area contributed by atoms with Gasteiger partial charge in [0.15, 0.2) is 10.8 Å². The first-order valence-electron chi connectivity index (χ1n) is 5.72. The second-order valence-electron chi connectivity index (χ2n) is 4.18. The molecule has 1 aromatic carbocycles. The maximum atomic E-state index is 6.26. The molecule has 0 saturated heterocycles. The Balaban J connectivity index is 2.42. The Morgan fingerprint density at radius 1 is 1.11 bits per heavy atom. The molecular weight excluding hydrogens is 328 g/mol. The molecule has 0 atom stereocenters. The van der Waals surface area contributed by atoms with Crippen molar-refractivity contribution in [2.24, 2.45) is 0 Å².